The predicted octanol–water partition coefficient (Wildman–Crippen LogP) is 14.2. The highest BCUT2D eigenvalue weighted by molar-refractivity contribution is 6.22. The van der Waals surface area contributed by atoms with Crippen molar-refractivity contribution in [3.8, 4) is 45.0 Å². The van der Waals surface area contributed by atoms with Crippen molar-refractivity contribution in [3.05, 3.63) is 182 Å². The molecular formula is C54H30N4O. The summed E-state index contributed by atoms with van der Waals surface area (Å²) in [5, 5.41) is 10.4. The molecule has 0 amide bonds. The minimum Gasteiger partial charge on any atom is -0.436 e. The molecule has 5 nitrogen and oxygen atoms in total. The van der Waals surface area contributed by atoms with E-state index in [0.717, 1.165) is 55.4 Å². The minimum atomic E-state index is 0.523. The first-order chi connectivity index (χ1) is 29.3. The second-order valence-corrected chi connectivity index (χ2v) is 15.7. The molecule has 0 atom stereocenters. The second kappa shape index (κ2) is 11.3. The van der Waals surface area contributed by atoms with Gasteiger partial charge in [0, 0.05) is 43.6 Å². The van der Waals surface area contributed by atoms with E-state index in [1.165, 1.54) is 71.3 Å². The van der Waals surface area contributed by atoms with E-state index in [-0.39, 0.29) is 0 Å². The molecule has 0 N–H and O–H groups in total. The van der Waals surface area contributed by atoms with Crippen LogP contribution in [0, 0.1) is 0 Å². The third-order valence-electron chi connectivity index (χ3n) is 12.7. The maximum absolute atomic E-state index is 6.44. The van der Waals surface area contributed by atoms with Crippen LogP contribution in [0.15, 0.2) is 186 Å². The van der Waals surface area contributed by atoms with Gasteiger partial charge >= 0.3 is 0 Å². The van der Waals surface area contributed by atoms with Crippen molar-refractivity contribution in [2.24, 2.45) is 0 Å². The third-order valence-corrected chi connectivity index (χ3v) is 12.7. The molecule has 13 aromatic rings. The summed E-state index contributed by atoms with van der Waals surface area (Å²) in [7, 11) is 0. The van der Waals surface area contributed by atoms with Gasteiger partial charge < -0.3 is 8.98 Å². The molecule has 9 aromatic carbocycles. The smallest absolute Gasteiger partial charge is 0.247 e. The van der Waals surface area contributed by atoms with Gasteiger partial charge in [-0.05, 0) is 75.1 Å². The molecule has 0 saturated heterocycles. The van der Waals surface area contributed by atoms with Crippen LogP contribution in [0.1, 0.15) is 0 Å². The largest absolute Gasteiger partial charge is 0.436 e. The fourth-order valence-electron chi connectivity index (χ4n) is 10.1. The Bertz CT molecular complexity index is 3980. The summed E-state index contributed by atoms with van der Waals surface area (Å²) in [6.07, 6.45) is 0. The molecule has 0 radical (unpaired) electrons. The van der Waals surface area contributed by atoms with Gasteiger partial charge in [-0.15, -0.1) is 0 Å². The summed E-state index contributed by atoms with van der Waals surface area (Å²) in [6, 6.07) is 65.6. The van der Waals surface area contributed by atoms with E-state index in [9.17, 15) is 0 Å². The molecule has 0 spiro atoms. The van der Waals surface area contributed by atoms with Gasteiger partial charge in [0.15, 0.2) is 5.82 Å². The van der Waals surface area contributed by atoms with Crippen LogP contribution in [0.2, 0.25) is 0 Å². The number of benzene rings is 9. The zero-order chi connectivity index (χ0) is 38.3. The Kier molecular flexibility index (Phi) is 5.96. The molecule has 5 heterocycles. The van der Waals surface area contributed by atoms with Crippen LogP contribution < -0.4 is 0 Å². The monoisotopic (exact) mass is 750 g/mol. The number of nitrogens with zero attached hydrogens (tertiary/aromatic N) is 4. The number of para-hydroxylation sites is 4. The van der Waals surface area contributed by atoms with Crippen LogP contribution >= 0.6 is 0 Å². The molecule has 0 fully saturated rings. The maximum atomic E-state index is 6.44. The molecule has 0 unspecified atom stereocenters. The van der Waals surface area contributed by atoms with Crippen LogP contribution in [-0.4, -0.2) is 19.1 Å². The number of furan rings is 1. The summed E-state index contributed by atoms with van der Waals surface area (Å²) in [4.78, 5) is 11.0. The van der Waals surface area contributed by atoms with Crippen LogP contribution in [-0.2, 0) is 0 Å². The molecule has 0 saturated carbocycles. The Labute approximate surface area is 336 Å². The van der Waals surface area contributed by atoms with Gasteiger partial charge in [0.05, 0.1) is 27.8 Å². The molecule has 0 bridgehead atoms. The quantitative estimate of drug-likeness (QED) is 0.165. The van der Waals surface area contributed by atoms with Crippen LogP contribution in [0.5, 0.6) is 0 Å². The molecule has 4 aromatic heterocycles. The number of fused-ring (bicyclic) bond motifs is 17. The molecule has 272 valence electrons. The van der Waals surface area contributed by atoms with Gasteiger partial charge in [-0.25, -0.2) is 9.97 Å². The third kappa shape index (κ3) is 4.13. The van der Waals surface area contributed by atoms with Gasteiger partial charge in [0.25, 0.3) is 0 Å². The Morgan fingerprint density at radius 2 is 1.02 bits per heavy atom. The van der Waals surface area contributed by atoms with Crippen LogP contribution in [0.25, 0.3) is 132 Å². The summed E-state index contributed by atoms with van der Waals surface area (Å²) in [6.45, 7) is 0. The van der Waals surface area contributed by atoms with Crippen molar-refractivity contribution in [2.45, 2.75) is 0 Å². The van der Waals surface area contributed by atoms with Crippen molar-refractivity contribution in [3.63, 3.8) is 0 Å². The predicted molar refractivity (Wildman–Crippen MR) is 243 cm³/mol. The Hall–Kier alpha value is -8.02. The van der Waals surface area contributed by atoms with Crippen molar-refractivity contribution >= 4 is 87.4 Å². The van der Waals surface area contributed by atoms with E-state index >= 15 is 0 Å². The fourth-order valence-corrected chi connectivity index (χ4v) is 10.1. The number of aromatic nitrogens is 4. The molecule has 59 heavy (non-hydrogen) atoms. The molecule has 5 heteroatoms. The van der Waals surface area contributed by atoms with Gasteiger partial charge in [-0.1, -0.05) is 140 Å². The number of hydrogen-bond acceptors (Lipinski definition) is 3. The fraction of sp³-hybridized carbons (Fsp3) is 0. The van der Waals surface area contributed by atoms with E-state index in [2.05, 4.69) is 173 Å². The zero-order valence-electron chi connectivity index (χ0n) is 31.5. The summed E-state index contributed by atoms with van der Waals surface area (Å²) < 4.78 is 11.3. The summed E-state index contributed by atoms with van der Waals surface area (Å²) in [5.41, 5.74) is 14.4. The first kappa shape index (κ1) is 31.1. The molecule has 1 aliphatic rings. The lowest BCUT2D eigenvalue weighted by molar-refractivity contribution is 0.653. The highest BCUT2D eigenvalue weighted by Crippen LogP contribution is 2.48. The summed E-state index contributed by atoms with van der Waals surface area (Å²) >= 11 is 0. The average Bonchev–Trinajstić information content (AvgIpc) is 3.91. The Morgan fingerprint density at radius 1 is 0.390 bits per heavy atom. The van der Waals surface area contributed by atoms with E-state index in [1.54, 1.807) is 0 Å². The highest BCUT2D eigenvalue weighted by Gasteiger charge is 2.27. The lowest BCUT2D eigenvalue weighted by Gasteiger charge is -2.14. The van der Waals surface area contributed by atoms with E-state index in [4.69, 9.17) is 14.4 Å². The van der Waals surface area contributed by atoms with Gasteiger partial charge in [0.1, 0.15) is 16.8 Å². The first-order valence-electron chi connectivity index (χ1n) is 20.1. The normalized spacial score (nSPS) is 12.4. The molecule has 14 rings (SSSR count). The van der Waals surface area contributed by atoms with Crippen molar-refractivity contribution in [1.29, 1.82) is 0 Å². The van der Waals surface area contributed by atoms with Crippen molar-refractivity contribution in [1.82, 2.24) is 19.1 Å². The number of rotatable bonds is 2. The van der Waals surface area contributed by atoms with Gasteiger partial charge in [-0.2, -0.15) is 0 Å². The molecule has 0 aliphatic carbocycles. The maximum Gasteiger partial charge on any atom is 0.247 e. The topological polar surface area (TPSA) is 48.8 Å². The average molecular weight is 751 g/mol. The summed E-state index contributed by atoms with van der Waals surface area (Å²) in [5.74, 6) is 0.763. The van der Waals surface area contributed by atoms with E-state index < -0.39 is 0 Å². The Balaban J connectivity index is 1.13. The number of hydrogen-bond donors (Lipinski definition) is 0. The van der Waals surface area contributed by atoms with E-state index in [1.807, 2.05) is 18.2 Å². The van der Waals surface area contributed by atoms with Crippen molar-refractivity contribution in [2.75, 3.05) is 0 Å². The van der Waals surface area contributed by atoms with Crippen molar-refractivity contribution < 1.29 is 4.42 Å². The van der Waals surface area contributed by atoms with Gasteiger partial charge in [-0.3, -0.25) is 4.57 Å². The van der Waals surface area contributed by atoms with Crippen LogP contribution in [0.4, 0.5) is 0 Å². The zero-order valence-corrected chi connectivity index (χ0v) is 31.5. The Morgan fingerprint density at radius 3 is 1.90 bits per heavy atom. The standard InChI is InChI=1S/C54H30N4O/c1-2-13-34-31(12-1)24-25-32-26-27-33(28-42(32)34)50-53(55-51-41-18-7-10-23-49(41)59-54(51)56-50)58-46-22-9-6-17-38(46)43-29-47-44(30-48(43)58)40-20-11-19-39-36-15-4-3-14-35(36)37-16-5-8-21-45(37)57(47)52(39)40/h1-30H. The SMILES string of the molecule is c1ccc2c(c1)-c1ccccc1-n1c3cc4c5ccccc5n(-c5nc6c(nc5-c5ccc7ccc8ccccc8c7c5)oc5ccccc56)c4cc3c3cccc-2c31. The van der Waals surface area contributed by atoms with E-state index in [0.29, 0.717) is 5.71 Å². The lowest BCUT2D eigenvalue weighted by Crippen LogP contribution is -2.03. The molecular weight excluding hydrogens is 721 g/mol. The first-order valence-corrected chi connectivity index (χ1v) is 20.1. The molecule has 1 aliphatic heterocycles. The minimum absolute atomic E-state index is 0.523. The highest BCUT2D eigenvalue weighted by atomic mass is 16.3. The van der Waals surface area contributed by atoms with Crippen LogP contribution in [0.3, 0.4) is 0 Å². The lowest BCUT2D eigenvalue weighted by atomic mass is 9.94. The van der Waals surface area contributed by atoms with Gasteiger partial charge in [0.2, 0.25) is 5.71 Å². The second-order valence-electron chi connectivity index (χ2n) is 15.7.